The van der Waals surface area contributed by atoms with E-state index in [1.165, 1.54) is 9.96 Å². The predicted octanol–water partition coefficient (Wildman–Crippen LogP) is 4.40. The van der Waals surface area contributed by atoms with Crippen LogP contribution in [0.3, 0.4) is 0 Å². The van der Waals surface area contributed by atoms with Crippen LogP contribution in [0.4, 0.5) is 0 Å². The van der Waals surface area contributed by atoms with Crippen molar-refractivity contribution in [3.05, 3.63) is 86.6 Å². The number of benzene rings is 1. The minimum atomic E-state index is -0.100. The molecule has 3 aromatic heterocycles. The molecule has 166 valence electrons. The van der Waals surface area contributed by atoms with Gasteiger partial charge in [0.1, 0.15) is 5.65 Å². The molecule has 1 aromatic carbocycles. The molecule has 1 atom stereocenters. The molecule has 0 bridgehead atoms. The fraction of sp³-hybridized carbons (Fsp3) is 0.304. The van der Waals surface area contributed by atoms with E-state index in [1.807, 2.05) is 30.3 Å². The second-order valence-corrected chi connectivity index (χ2v) is 9.61. The summed E-state index contributed by atoms with van der Waals surface area (Å²) >= 11 is 4.95. The average Bonchev–Trinajstić information content (AvgIpc) is 3.16. The molecule has 0 aliphatic carbocycles. The van der Waals surface area contributed by atoms with Gasteiger partial charge in [0.2, 0.25) is 0 Å². The highest BCUT2D eigenvalue weighted by Gasteiger charge is 2.22. The smallest absolute Gasteiger partial charge is 0.258 e. The summed E-state index contributed by atoms with van der Waals surface area (Å²) in [4.78, 5) is 19.4. The number of hydrogen-bond acceptors (Lipinski definition) is 6. The molecule has 0 saturated heterocycles. The first-order chi connectivity index (χ1) is 15.5. The van der Waals surface area contributed by atoms with Gasteiger partial charge >= 0.3 is 0 Å². The van der Waals surface area contributed by atoms with Gasteiger partial charge in [-0.05, 0) is 54.1 Å². The van der Waals surface area contributed by atoms with Crippen LogP contribution in [0.2, 0.25) is 0 Å². The monoisotopic (exact) mass is 512 g/mol. The Morgan fingerprint density at radius 3 is 2.62 bits per heavy atom. The number of pyridine rings is 1. The molecule has 0 N–H and O–H groups in total. The van der Waals surface area contributed by atoms with Crippen molar-refractivity contribution in [1.82, 2.24) is 29.0 Å². The Labute approximate surface area is 199 Å². The fourth-order valence-electron chi connectivity index (χ4n) is 3.69. The van der Waals surface area contributed by atoms with E-state index in [2.05, 4.69) is 73.7 Å². The molecule has 0 saturated carbocycles. The van der Waals surface area contributed by atoms with Gasteiger partial charge in [0.15, 0.2) is 11.0 Å². The lowest BCUT2D eigenvalue weighted by atomic mass is 10.2. The van der Waals surface area contributed by atoms with Gasteiger partial charge in [0.25, 0.3) is 5.56 Å². The molecule has 7 nitrogen and oxygen atoms in total. The quantitative estimate of drug-likeness (QED) is 0.326. The number of rotatable bonds is 8. The van der Waals surface area contributed by atoms with Crippen molar-refractivity contribution in [3.8, 4) is 0 Å². The number of thioether (sulfide) groups is 1. The van der Waals surface area contributed by atoms with E-state index in [1.54, 1.807) is 24.0 Å². The standard InChI is InChI=1S/C23H25BrN6OS/c1-4-19(28(2)3)22-26-27-23(30(22)13-16-8-6-5-7-9-16)32-15-18-12-21(31)29-14-17(24)10-11-20(29)25-18/h5-12,14,19H,4,13,15H2,1-3H3. The van der Waals surface area contributed by atoms with E-state index in [0.29, 0.717) is 17.9 Å². The molecule has 0 amide bonds. The van der Waals surface area contributed by atoms with Crippen LogP contribution in [-0.2, 0) is 12.3 Å². The summed E-state index contributed by atoms with van der Waals surface area (Å²) < 4.78 is 4.56. The van der Waals surface area contributed by atoms with Crippen LogP contribution in [0.15, 0.2) is 69.2 Å². The SMILES string of the molecule is CCC(c1nnc(SCc2cc(=O)n3cc(Br)ccc3n2)n1Cc1ccccc1)N(C)C. The van der Waals surface area contributed by atoms with Crippen LogP contribution in [0.1, 0.15) is 36.5 Å². The van der Waals surface area contributed by atoms with Gasteiger partial charge in [0, 0.05) is 22.5 Å². The Kier molecular flexibility index (Phi) is 7.07. The van der Waals surface area contributed by atoms with Gasteiger partial charge in [0.05, 0.1) is 18.3 Å². The first-order valence-electron chi connectivity index (χ1n) is 10.4. The van der Waals surface area contributed by atoms with Crippen molar-refractivity contribution in [2.24, 2.45) is 0 Å². The average molecular weight is 513 g/mol. The normalized spacial score (nSPS) is 12.5. The second-order valence-electron chi connectivity index (χ2n) is 7.75. The topological polar surface area (TPSA) is 68.3 Å². The lowest BCUT2D eigenvalue weighted by molar-refractivity contribution is 0.272. The van der Waals surface area contributed by atoms with Gasteiger partial charge in [-0.2, -0.15) is 0 Å². The van der Waals surface area contributed by atoms with Crippen LogP contribution in [0.25, 0.3) is 5.65 Å². The number of halogens is 1. The molecular formula is C23H25BrN6OS. The lowest BCUT2D eigenvalue weighted by Gasteiger charge is -2.23. The predicted molar refractivity (Wildman–Crippen MR) is 131 cm³/mol. The van der Waals surface area contributed by atoms with Crippen molar-refractivity contribution in [2.75, 3.05) is 14.1 Å². The minimum absolute atomic E-state index is 0.100. The Morgan fingerprint density at radius 2 is 1.91 bits per heavy atom. The van der Waals surface area contributed by atoms with Gasteiger partial charge in [-0.3, -0.25) is 14.1 Å². The molecule has 9 heteroatoms. The fourth-order valence-corrected chi connectivity index (χ4v) is 4.86. The maximum Gasteiger partial charge on any atom is 0.258 e. The summed E-state index contributed by atoms with van der Waals surface area (Å²) in [6.45, 7) is 2.85. The van der Waals surface area contributed by atoms with Crippen LogP contribution in [0.5, 0.6) is 0 Å². The van der Waals surface area contributed by atoms with Gasteiger partial charge in [-0.15, -0.1) is 10.2 Å². The van der Waals surface area contributed by atoms with Gasteiger partial charge < -0.3 is 4.57 Å². The molecule has 0 aliphatic rings. The van der Waals surface area contributed by atoms with Crippen molar-refractivity contribution in [3.63, 3.8) is 0 Å². The van der Waals surface area contributed by atoms with Crippen LogP contribution < -0.4 is 5.56 Å². The molecule has 1 unspecified atom stereocenters. The van der Waals surface area contributed by atoms with Crippen LogP contribution >= 0.6 is 27.7 Å². The van der Waals surface area contributed by atoms with Crippen molar-refractivity contribution in [2.45, 2.75) is 36.8 Å². The maximum absolute atomic E-state index is 12.5. The molecule has 0 fully saturated rings. The molecule has 3 heterocycles. The van der Waals surface area contributed by atoms with Crippen LogP contribution in [0, 0.1) is 0 Å². The van der Waals surface area contributed by atoms with Crippen molar-refractivity contribution in [1.29, 1.82) is 0 Å². The summed E-state index contributed by atoms with van der Waals surface area (Å²) in [5.74, 6) is 1.48. The highest BCUT2D eigenvalue weighted by atomic mass is 79.9. The third-order valence-corrected chi connectivity index (χ3v) is 6.73. The molecule has 4 rings (SSSR count). The van der Waals surface area contributed by atoms with Gasteiger partial charge in [-0.1, -0.05) is 49.0 Å². The van der Waals surface area contributed by atoms with Crippen LogP contribution in [-0.4, -0.2) is 43.1 Å². The molecule has 4 aromatic rings. The zero-order valence-electron chi connectivity index (χ0n) is 18.3. The van der Waals surface area contributed by atoms with E-state index in [9.17, 15) is 4.79 Å². The highest BCUT2D eigenvalue weighted by Crippen LogP contribution is 2.27. The van der Waals surface area contributed by atoms with Gasteiger partial charge in [-0.25, -0.2) is 4.98 Å². The molecule has 0 aliphatic heterocycles. The Bertz CT molecular complexity index is 1270. The van der Waals surface area contributed by atoms with Crippen molar-refractivity contribution < 1.29 is 0 Å². The second kappa shape index (κ2) is 9.97. The van der Waals surface area contributed by atoms with E-state index in [-0.39, 0.29) is 11.6 Å². The van der Waals surface area contributed by atoms with E-state index in [4.69, 9.17) is 0 Å². The minimum Gasteiger partial charge on any atom is -0.300 e. The number of hydrogen-bond donors (Lipinski definition) is 0. The summed E-state index contributed by atoms with van der Waals surface area (Å²) in [7, 11) is 4.13. The number of nitrogens with zero attached hydrogens (tertiary/aromatic N) is 6. The summed E-state index contributed by atoms with van der Waals surface area (Å²) in [5, 5.41) is 9.88. The molecule has 32 heavy (non-hydrogen) atoms. The van der Waals surface area contributed by atoms with E-state index < -0.39 is 0 Å². The summed E-state index contributed by atoms with van der Waals surface area (Å²) in [5.41, 5.74) is 2.44. The summed E-state index contributed by atoms with van der Waals surface area (Å²) in [6.07, 6.45) is 2.67. The summed E-state index contributed by atoms with van der Waals surface area (Å²) in [6, 6.07) is 15.8. The van der Waals surface area contributed by atoms with Crippen molar-refractivity contribution >= 4 is 33.3 Å². The first-order valence-corrected chi connectivity index (χ1v) is 12.2. The molecule has 0 spiro atoms. The highest BCUT2D eigenvalue weighted by molar-refractivity contribution is 9.10. The largest absolute Gasteiger partial charge is 0.300 e. The third-order valence-electron chi connectivity index (χ3n) is 5.26. The number of fused-ring (bicyclic) bond motifs is 1. The van der Waals surface area contributed by atoms with E-state index in [0.717, 1.165) is 27.6 Å². The Balaban J connectivity index is 1.64. The van der Waals surface area contributed by atoms with E-state index >= 15 is 0 Å². The Morgan fingerprint density at radius 1 is 1.12 bits per heavy atom. The third kappa shape index (κ3) is 4.95. The first kappa shape index (κ1) is 22.7. The Hall–Kier alpha value is -2.49. The molecular weight excluding hydrogens is 488 g/mol. The lowest BCUT2D eigenvalue weighted by Crippen LogP contribution is -2.23. The number of aromatic nitrogens is 5. The zero-order chi connectivity index (χ0) is 22.7. The zero-order valence-corrected chi connectivity index (χ0v) is 20.7. The maximum atomic E-state index is 12.5. The molecule has 0 radical (unpaired) electrons.